The molecule has 0 aromatic heterocycles. The Labute approximate surface area is 163 Å². The highest BCUT2D eigenvalue weighted by Gasteiger charge is 2.34. The van der Waals surface area contributed by atoms with Crippen LogP contribution in [-0.4, -0.2) is 15.9 Å². The number of carbonyl (C=O) groups is 1. The van der Waals surface area contributed by atoms with Crippen LogP contribution in [0.25, 0.3) is 0 Å². The highest BCUT2D eigenvalue weighted by atomic mass is 127. The fourth-order valence-electron chi connectivity index (χ4n) is 1.87. The van der Waals surface area contributed by atoms with Crippen LogP contribution in [0.1, 0.15) is 15.9 Å². The van der Waals surface area contributed by atoms with Crippen LogP contribution in [0.4, 0.5) is 5.69 Å². The molecular weight excluding hydrogens is 469 g/mol. The Hall–Kier alpha value is -0.690. The molecule has 2 rings (SSSR count). The summed E-state index contributed by atoms with van der Waals surface area (Å²) in [7, 11) is 0. The fraction of sp³-hybridized carbons (Fsp3) is 0.188. The highest BCUT2D eigenvalue weighted by Crippen LogP contribution is 2.31. The van der Waals surface area contributed by atoms with Gasteiger partial charge < -0.3 is 10.6 Å². The van der Waals surface area contributed by atoms with E-state index in [0.717, 1.165) is 14.8 Å². The van der Waals surface area contributed by atoms with Gasteiger partial charge in [-0.3, -0.25) is 4.79 Å². The van der Waals surface area contributed by atoms with Gasteiger partial charge in [-0.25, -0.2) is 0 Å². The van der Waals surface area contributed by atoms with Gasteiger partial charge in [-0.15, -0.1) is 0 Å². The Morgan fingerprint density at radius 3 is 2.26 bits per heavy atom. The molecule has 0 saturated heterocycles. The summed E-state index contributed by atoms with van der Waals surface area (Å²) in [5, 5.41) is 5.76. The molecule has 0 radical (unpaired) electrons. The van der Waals surface area contributed by atoms with Gasteiger partial charge in [-0.05, 0) is 53.8 Å². The largest absolute Gasteiger partial charge is 0.362 e. The number of alkyl halides is 3. The summed E-state index contributed by atoms with van der Waals surface area (Å²) in [5.41, 5.74) is 2.39. The SMILES string of the molecule is Cc1ccc(NC(NC(=O)c2ccccc2I)C(Cl)(Cl)Cl)cc1. The maximum atomic E-state index is 12.4. The van der Waals surface area contributed by atoms with Gasteiger partial charge in [0.15, 0.2) is 0 Å². The standard InChI is InChI=1S/C16H14Cl3IN2O/c1-10-6-8-11(9-7-10)21-15(16(17,18)19)22-14(23)12-4-2-3-5-13(12)20/h2-9,15,21H,1H3,(H,22,23). The minimum Gasteiger partial charge on any atom is -0.362 e. The predicted molar refractivity (Wildman–Crippen MR) is 106 cm³/mol. The van der Waals surface area contributed by atoms with E-state index in [4.69, 9.17) is 34.8 Å². The van der Waals surface area contributed by atoms with Crippen LogP contribution in [0.2, 0.25) is 0 Å². The summed E-state index contributed by atoms with van der Waals surface area (Å²) in [6, 6.07) is 14.8. The zero-order valence-corrected chi connectivity index (χ0v) is 16.5. The Morgan fingerprint density at radius 1 is 1.09 bits per heavy atom. The Kier molecular flexibility index (Phi) is 6.42. The topological polar surface area (TPSA) is 41.1 Å². The predicted octanol–water partition coefficient (Wildman–Crippen LogP) is 5.14. The first-order chi connectivity index (χ1) is 10.8. The van der Waals surface area contributed by atoms with E-state index < -0.39 is 9.96 Å². The summed E-state index contributed by atoms with van der Waals surface area (Å²) in [5.74, 6) is -0.314. The molecular formula is C16H14Cl3IN2O. The average molecular weight is 484 g/mol. The number of halogens is 4. The minimum atomic E-state index is -1.71. The van der Waals surface area contributed by atoms with Crippen molar-refractivity contribution in [2.75, 3.05) is 5.32 Å². The van der Waals surface area contributed by atoms with Gasteiger partial charge in [-0.1, -0.05) is 64.6 Å². The lowest BCUT2D eigenvalue weighted by molar-refractivity contribution is 0.0941. The highest BCUT2D eigenvalue weighted by molar-refractivity contribution is 14.1. The molecule has 0 fully saturated rings. The molecule has 2 aromatic rings. The minimum absolute atomic E-state index is 0.314. The number of carbonyl (C=O) groups excluding carboxylic acids is 1. The Bertz CT molecular complexity index is 686. The van der Waals surface area contributed by atoms with Crippen molar-refractivity contribution in [1.29, 1.82) is 0 Å². The molecule has 0 saturated carbocycles. The first-order valence-corrected chi connectivity index (χ1v) is 8.94. The lowest BCUT2D eigenvalue weighted by atomic mass is 10.2. The third-order valence-electron chi connectivity index (χ3n) is 3.08. The van der Waals surface area contributed by atoms with Crippen molar-refractivity contribution < 1.29 is 4.79 Å². The number of nitrogens with one attached hydrogen (secondary N) is 2. The van der Waals surface area contributed by atoms with Crippen LogP contribution < -0.4 is 10.6 Å². The number of anilines is 1. The number of amides is 1. The molecule has 0 spiro atoms. The Morgan fingerprint density at radius 2 is 1.70 bits per heavy atom. The van der Waals surface area contributed by atoms with Gasteiger partial charge in [0.2, 0.25) is 3.79 Å². The molecule has 0 bridgehead atoms. The van der Waals surface area contributed by atoms with E-state index in [0.29, 0.717) is 5.56 Å². The molecule has 2 N–H and O–H groups in total. The average Bonchev–Trinajstić information content (AvgIpc) is 2.48. The molecule has 0 aliphatic rings. The van der Waals surface area contributed by atoms with E-state index in [2.05, 4.69) is 33.2 Å². The number of hydrogen-bond donors (Lipinski definition) is 2. The van der Waals surface area contributed by atoms with Crippen LogP contribution >= 0.6 is 57.4 Å². The third kappa shape index (κ3) is 5.41. The normalized spacial score (nSPS) is 12.6. The fourth-order valence-corrected chi connectivity index (χ4v) is 2.83. The number of benzene rings is 2. The summed E-state index contributed by atoms with van der Waals surface area (Å²) < 4.78 is -0.887. The van der Waals surface area contributed by atoms with Crippen molar-refractivity contribution in [2.45, 2.75) is 16.9 Å². The summed E-state index contributed by atoms with van der Waals surface area (Å²) in [6.07, 6.45) is -0.876. The first-order valence-electron chi connectivity index (χ1n) is 6.72. The molecule has 1 amide bonds. The molecule has 122 valence electrons. The van der Waals surface area contributed by atoms with Gasteiger partial charge in [0.05, 0.1) is 5.56 Å². The lowest BCUT2D eigenvalue weighted by Crippen LogP contribution is -2.49. The summed E-state index contributed by atoms with van der Waals surface area (Å²) >= 11 is 20.1. The summed E-state index contributed by atoms with van der Waals surface area (Å²) in [6.45, 7) is 1.98. The van der Waals surface area contributed by atoms with Crippen molar-refractivity contribution in [3.63, 3.8) is 0 Å². The lowest BCUT2D eigenvalue weighted by Gasteiger charge is -2.27. The second kappa shape index (κ2) is 7.92. The van der Waals surface area contributed by atoms with Crippen molar-refractivity contribution in [3.8, 4) is 0 Å². The van der Waals surface area contributed by atoms with E-state index in [1.807, 2.05) is 43.3 Å². The van der Waals surface area contributed by atoms with Gasteiger partial charge in [0, 0.05) is 9.26 Å². The van der Waals surface area contributed by atoms with E-state index >= 15 is 0 Å². The molecule has 2 aromatic carbocycles. The van der Waals surface area contributed by atoms with Gasteiger partial charge in [0.25, 0.3) is 5.91 Å². The number of rotatable bonds is 4. The first kappa shape index (κ1) is 18.6. The van der Waals surface area contributed by atoms with Crippen LogP contribution in [0.3, 0.4) is 0 Å². The number of aryl methyl sites for hydroxylation is 1. The van der Waals surface area contributed by atoms with E-state index in [1.165, 1.54) is 0 Å². The smallest absolute Gasteiger partial charge is 0.254 e. The molecule has 1 atom stereocenters. The second-order valence-corrected chi connectivity index (χ2v) is 8.47. The van der Waals surface area contributed by atoms with E-state index in [1.54, 1.807) is 12.1 Å². The maximum Gasteiger partial charge on any atom is 0.254 e. The van der Waals surface area contributed by atoms with E-state index in [9.17, 15) is 4.79 Å². The molecule has 23 heavy (non-hydrogen) atoms. The van der Waals surface area contributed by atoms with Crippen molar-refractivity contribution in [2.24, 2.45) is 0 Å². The second-order valence-electron chi connectivity index (χ2n) is 4.94. The zero-order valence-electron chi connectivity index (χ0n) is 12.1. The third-order valence-corrected chi connectivity index (χ3v) is 4.68. The van der Waals surface area contributed by atoms with Crippen LogP contribution in [0.15, 0.2) is 48.5 Å². The maximum absolute atomic E-state index is 12.4. The van der Waals surface area contributed by atoms with Crippen LogP contribution in [-0.2, 0) is 0 Å². The van der Waals surface area contributed by atoms with Crippen molar-refractivity contribution in [3.05, 3.63) is 63.2 Å². The quantitative estimate of drug-likeness (QED) is 0.359. The van der Waals surface area contributed by atoms with Gasteiger partial charge in [-0.2, -0.15) is 0 Å². The number of hydrogen-bond acceptors (Lipinski definition) is 2. The van der Waals surface area contributed by atoms with Gasteiger partial charge >= 0.3 is 0 Å². The molecule has 0 aliphatic carbocycles. The zero-order chi connectivity index (χ0) is 17.0. The van der Waals surface area contributed by atoms with Crippen molar-refractivity contribution in [1.82, 2.24) is 5.32 Å². The molecule has 1 unspecified atom stereocenters. The monoisotopic (exact) mass is 482 g/mol. The summed E-state index contributed by atoms with van der Waals surface area (Å²) in [4.78, 5) is 12.4. The molecule has 3 nitrogen and oxygen atoms in total. The van der Waals surface area contributed by atoms with Crippen molar-refractivity contribution >= 4 is 69.0 Å². The Balaban J connectivity index is 2.18. The van der Waals surface area contributed by atoms with Crippen LogP contribution in [0, 0.1) is 10.5 Å². The molecule has 7 heteroatoms. The van der Waals surface area contributed by atoms with E-state index in [-0.39, 0.29) is 5.91 Å². The van der Waals surface area contributed by atoms with Gasteiger partial charge in [0.1, 0.15) is 6.17 Å². The molecule has 0 heterocycles. The molecule has 0 aliphatic heterocycles. The van der Waals surface area contributed by atoms with Crippen LogP contribution in [0.5, 0.6) is 0 Å².